The fraction of sp³-hybridized carbons (Fsp3) is 0.200. The molecule has 104 valence electrons. The van der Waals surface area contributed by atoms with Gasteiger partial charge in [-0.3, -0.25) is 9.78 Å². The summed E-state index contributed by atoms with van der Waals surface area (Å²) in [6, 6.07) is 6.05. The van der Waals surface area contributed by atoms with Gasteiger partial charge in [0.25, 0.3) is 0 Å². The van der Waals surface area contributed by atoms with E-state index in [-0.39, 0.29) is 17.0 Å². The van der Waals surface area contributed by atoms with Crippen LogP contribution in [0, 0.1) is 12.7 Å². The fourth-order valence-corrected chi connectivity index (χ4v) is 1.95. The lowest BCUT2D eigenvalue weighted by Gasteiger charge is -2.11. The average molecular weight is 274 g/mol. The third-order valence-corrected chi connectivity index (χ3v) is 2.93. The number of hydrogen-bond donors (Lipinski definition) is 1. The van der Waals surface area contributed by atoms with Gasteiger partial charge in [0.1, 0.15) is 22.8 Å². The second-order valence-corrected chi connectivity index (χ2v) is 4.31. The zero-order chi connectivity index (χ0) is 14.7. The monoisotopic (exact) mass is 274 g/mol. The lowest BCUT2D eigenvalue weighted by atomic mass is 10.0. The molecule has 0 unspecified atom stereocenters. The standard InChI is InChI=1S/C15H15FN2O2/c1-9-7-11(17-2)14(18-8-9)15(19)13-10(16)5-4-6-12(13)20-3/h4-8,17H,1-3H3. The molecule has 20 heavy (non-hydrogen) atoms. The Morgan fingerprint density at radius 2 is 2.15 bits per heavy atom. The second-order valence-electron chi connectivity index (χ2n) is 4.31. The molecule has 2 aromatic rings. The van der Waals surface area contributed by atoms with Gasteiger partial charge in [-0.15, -0.1) is 0 Å². The van der Waals surface area contributed by atoms with E-state index in [1.165, 1.54) is 19.2 Å². The molecule has 0 aliphatic carbocycles. The van der Waals surface area contributed by atoms with Crippen molar-refractivity contribution >= 4 is 11.5 Å². The van der Waals surface area contributed by atoms with Crippen LogP contribution in [0.2, 0.25) is 0 Å². The molecular formula is C15H15FN2O2. The Morgan fingerprint density at radius 3 is 2.80 bits per heavy atom. The molecule has 0 aliphatic heterocycles. The normalized spacial score (nSPS) is 10.2. The predicted molar refractivity (Wildman–Crippen MR) is 74.9 cm³/mol. The Hall–Kier alpha value is -2.43. The number of nitrogens with one attached hydrogen (secondary N) is 1. The summed E-state index contributed by atoms with van der Waals surface area (Å²) in [4.78, 5) is 16.6. The molecule has 2 rings (SSSR count). The number of aryl methyl sites for hydroxylation is 1. The maximum Gasteiger partial charge on any atom is 0.220 e. The molecule has 4 nitrogen and oxygen atoms in total. The van der Waals surface area contributed by atoms with Crippen molar-refractivity contribution in [2.24, 2.45) is 0 Å². The van der Waals surface area contributed by atoms with Gasteiger partial charge in [0, 0.05) is 13.2 Å². The van der Waals surface area contributed by atoms with Gasteiger partial charge in [-0.2, -0.15) is 0 Å². The fourth-order valence-electron chi connectivity index (χ4n) is 1.95. The van der Waals surface area contributed by atoms with Crippen molar-refractivity contribution in [1.29, 1.82) is 0 Å². The van der Waals surface area contributed by atoms with Crippen LogP contribution in [0.4, 0.5) is 10.1 Å². The summed E-state index contributed by atoms with van der Waals surface area (Å²) >= 11 is 0. The van der Waals surface area contributed by atoms with E-state index < -0.39 is 11.6 Å². The van der Waals surface area contributed by atoms with Crippen molar-refractivity contribution in [2.45, 2.75) is 6.92 Å². The zero-order valence-corrected chi connectivity index (χ0v) is 11.5. The summed E-state index contributed by atoms with van der Waals surface area (Å²) in [6.45, 7) is 1.87. The Labute approximate surface area is 116 Å². The summed E-state index contributed by atoms with van der Waals surface area (Å²) in [6.07, 6.45) is 1.57. The Morgan fingerprint density at radius 1 is 1.40 bits per heavy atom. The molecule has 0 amide bonds. The minimum atomic E-state index is -0.626. The number of hydrogen-bond acceptors (Lipinski definition) is 4. The summed E-state index contributed by atoms with van der Waals surface area (Å²) in [5.41, 5.74) is 1.52. The highest BCUT2D eigenvalue weighted by Gasteiger charge is 2.22. The number of halogens is 1. The minimum Gasteiger partial charge on any atom is -0.496 e. The molecule has 5 heteroatoms. The molecule has 1 aromatic carbocycles. The number of anilines is 1. The molecule has 0 fully saturated rings. The van der Waals surface area contributed by atoms with Crippen molar-refractivity contribution in [2.75, 3.05) is 19.5 Å². The maximum absolute atomic E-state index is 13.9. The largest absolute Gasteiger partial charge is 0.496 e. The molecule has 0 aliphatic rings. The molecule has 1 heterocycles. The lowest BCUT2D eigenvalue weighted by molar-refractivity contribution is 0.102. The van der Waals surface area contributed by atoms with Crippen LogP contribution in [0.3, 0.4) is 0 Å². The molecule has 0 radical (unpaired) electrons. The highest BCUT2D eigenvalue weighted by atomic mass is 19.1. The lowest BCUT2D eigenvalue weighted by Crippen LogP contribution is -2.11. The number of rotatable bonds is 4. The minimum absolute atomic E-state index is 0.108. The number of nitrogens with zero attached hydrogens (tertiary/aromatic N) is 1. The van der Waals surface area contributed by atoms with Gasteiger partial charge < -0.3 is 10.1 Å². The first-order valence-corrected chi connectivity index (χ1v) is 6.10. The van der Waals surface area contributed by atoms with Gasteiger partial charge in [0.2, 0.25) is 5.78 Å². The van der Waals surface area contributed by atoms with Crippen LogP contribution in [-0.2, 0) is 0 Å². The van der Waals surface area contributed by atoms with Crippen molar-refractivity contribution in [3.8, 4) is 5.75 Å². The van der Waals surface area contributed by atoms with Crippen LogP contribution in [0.15, 0.2) is 30.5 Å². The van der Waals surface area contributed by atoms with Crippen molar-refractivity contribution in [1.82, 2.24) is 4.98 Å². The molecule has 0 saturated heterocycles. The van der Waals surface area contributed by atoms with Crippen LogP contribution in [-0.4, -0.2) is 24.9 Å². The number of ketones is 1. The molecule has 1 aromatic heterocycles. The van der Waals surface area contributed by atoms with Crippen LogP contribution in [0.5, 0.6) is 5.75 Å². The van der Waals surface area contributed by atoms with E-state index in [1.54, 1.807) is 25.4 Å². The first kappa shape index (κ1) is 14.0. The Kier molecular flexibility index (Phi) is 3.98. The number of carbonyl (C=O) groups excluding carboxylic acids is 1. The molecule has 1 N–H and O–H groups in total. The average Bonchev–Trinajstić information content (AvgIpc) is 2.46. The van der Waals surface area contributed by atoms with E-state index in [9.17, 15) is 9.18 Å². The SMILES string of the molecule is CNc1cc(C)cnc1C(=O)c1c(F)cccc1OC. The molecule has 0 atom stereocenters. The Balaban J connectivity index is 2.57. The van der Waals surface area contributed by atoms with Gasteiger partial charge in [-0.1, -0.05) is 6.07 Å². The van der Waals surface area contributed by atoms with E-state index in [2.05, 4.69) is 10.3 Å². The van der Waals surface area contributed by atoms with Crippen molar-refractivity contribution < 1.29 is 13.9 Å². The smallest absolute Gasteiger partial charge is 0.220 e. The van der Waals surface area contributed by atoms with Crippen LogP contribution in [0.25, 0.3) is 0 Å². The highest BCUT2D eigenvalue weighted by molar-refractivity contribution is 6.12. The molecular weight excluding hydrogens is 259 g/mol. The van der Waals surface area contributed by atoms with E-state index >= 15 is 0 Å². The second kappa shape index (κ2) is 5.69. The van der Waals surface area contributed by atoms with Gasteiger partial charge in [0.05, 0.1) is 12.8 Å². The third-order valence-electron chi connectivity index (χ3n) is 2.93. The topological polar surface area (TPSA) is 51.2 Å². The quantitative estimate of drug-likeness (QED) is 0.871. The molecule has 0 spiro atoms. The zero-order valence-electron chi connectivity index (χ0n) is 11.5. The number of methoxy groups -OCH3 is 1. The first-order valence-electron chi connectivity index (χ1n) is 6.10. The van der Waals surface area contributed by atoms with Crippen LogP contribution < -0.4 is 10.1 Å². The van der Waals surface area contributed by atoms with E-state index in [4.69, 9.17) is 4.74 Å². The van der Waals surface area contributed by atoms with Crippen molar-refractivity contribution in [3.63, 3.8) is 0 Å². The summed E-state index contributed by atoms with van der Waals surface area (Å²) in [5, 5.41) is 2.90. The van der Waals surface area contributed by atoms with Crippen LogP contribution in [0.1, 0.15) is 21.6 Å². The first-order chi connectivity index (χ1) is 9.58. The summed E-state index contributed by atoms with van der Waals surface area (Å²) < 4.78 is 19.0. The summed E-state index contributed by atoms with van der Waals surface area (Å²) in [7, 11) is 3.08. The van der Waals surface area contributed by atoms with E-state index in [1.807, 2.05) is 6.92 Å². The van der Waals surface area contributed by atoms with Crippen molar-refractivity contribution in [3.05, 3.63) is 53.1 Å². The van der Waals surface area contributed by atoms with Gasteiger partial charge in [0.15, 0.2) is 0 Å². The number of carbonyl (C=O) groups is 1. The molecule has 0 bridgehead atoms. The van der Waals surface area contributed by atoms with Gasteiger partial charge >= 0.3 is 0 Å². The third kappa shape index (κ3) is 2.47. The highest BCUT2D eigenvalue weighted by Crippen LogP contribution is 2.26. The Bertz CT molecular complexity index is 656. The van der Waals surface area contributed by atoms with Gasteiger partial charge in [-0.05, 0) is 30.7 Å². The van der Waals surface area contributed by atoms with Crippen LogP contribution >= 0.6 is 0 Å². The predicted octanol–water partition coefficient (Wildman–Crippen LogP) is 2.81. The maximum atomic E-state index is 13.9. The molecule has 0 saturated carbocycles. The van der Waals surface area contributed by atoms with E-state index in [0.717, 1.165) is 5.56 Å². The van der Waals surface area contributed by atoms with E-state index in [0.29, 0.717) is 5.69 Å². The number of aromatic nitrogens is 1. The summed E-state index contributed by atoms with van der Waals surface area (Å²) in [5.74, 6) is -0.942. The number of benzene rings is 1. The van der Waals surface area contributed by atoms with Gasteiger partial charge in [-0.25, -0.2) is 4.39 Å². The number of pyridine rings is 1. The number of ether oxygens (including phenoxy) is 1.